The number of likely N-dealkylation sites (tertiary alicyclic amines) is 1. The van der Waals surface area contributed by atoms with Crippen molar-refractivity contribution in [2.75, 3.05) is 13.1 Å². The highest BCUT2D eigenvalue weighted by Gasteiger charge is 2.58. The van der Waals surface area contributed by atoms with Crippen molar-refractivity contribution in [2.45, 2.75) is 32.7 Å². The maximum absolute atomic E-state index is 12.9. The Morgan fingerprint density at radius 3 is 2.66 bits per heavy atom. The van der Waals surface area contributed by atoms with Crippen LogP contribution >= 0.6 is 0 Å². The van der Waals surface area contributed by atoms with Gasteiger partial charge in [0.25, 0.3) is 5.91 Å². The van der Waals surface area contributed by atoms with Gasteiger partial charge >= 0.3 is 0 Å². The van der Waals surface area contributed by atoms with Gasteiger partial charge < -0.3 is 14.7 Å². The molecule has 32 heavy (non-hydrogen) atoms. The van der Waals surface area contributed by atoms with Gasteiger partial charge in [-0.25, -0.2) is 0 Å². The zero-order chi connectivity index (χ0) is 22.1. The summed E-state index contributed by atoms with van der Waals surface area (Å²) in [5.74, 6) is 0.243. The van der Waals surface area contributed by atoms with Crippen LogP contribution in [-0.2, 0) is 11.3 Å². The van der Waals surface area contributed by atoms with Gasteiger partial charge in [0.1, 0.15) is 5.69 Å². The number of nitrogens with zero attached hydrogens (tertiary/aromatic N) is 3. The van der Waals surface area contributed by atoms with E-state index in [0.29, 0.717) is 25.3 Å². The van der Waals surface area contributed by atoms with Crippen molar-refractivity contribution < 1.29 is 14.1 Å². The van der Waals surface area contributed by atoms with E-state index in [9.17, 15) is 9.59 Å². The molecule has 1 spiro atoms. The first-order chi connectivity index (χ1) is 15.5. The van der Waals surface area contributed by atoms with Gasteiger partial charge in [-0.2, -0.15) is 0 Å². The third-order valence-corrected chi connectivity index (χ3v) is 6.73. The molecule has 0 radical (unpaired) electrons. The number of benzene rings is 1. The van der Waals surface area contributed by atoms with E-state index in [2.05, 4.69) is 15.5 Å². The number of nitrogens with one attached hydrogen (secondary N) is 1. The predicted octanol–water partition coefficient (Wildman–Crippen LogP) is 3.60. The fourth-order valence-electron chi connectivity index (χ4n) is 4.70. The highest BCUT2D eigenvalue weighted by molar-refractivity contribution is 5.92. The van der Waals surface area contributed by atoms with E-state index in [1.165, 1.54) is 0 Å². The first kappa shape index (κ1) is 20.4. The lowest BCUT2D eigenvalue weighted by Crippen LogP contribution is -2.40. The number of amides is 2. The number of aryl methyl sites for hydroxylation is 1. The molecule has 3 heterocycles. The Bertz CT molecular complexity index is 1130. The van der Waals surface area contributed by atoms with Crippen molar-refractivity contribution in [3.63, 3.8) is 0 Å². The molecule has 1 aliphatic carbocycles. The van der Waals surface area contributed by atoms with Crippen LogP contribution in [0.4, 0.5) is 0 Å². The Hall–Kier alpha value is -3.48. The van der Waals surface area contributed by atoms with E-state index < -0.39 is 0 Å². The third kappa shape index (κ3) is 4.02. The summed E-state index contributed by atoms with van der Waals surface area (Å²) in [5, 5.41) is 7.08. The SMILES string of the molecule is Cc1cccc(CNC(=O)[C@H]2CC23CCN(C(=O)c2cc(-c4ccccc4)no2)CC3)n1. The van der Waals surface area contributed by atoms with Gasteiger partial charge in [-0.1, -0.05) is 41.6 Å². The second-order valence-corrected chi connectivity index (χ2v) is 8.84. The van der Waals surface area contributed by atoms with Gasteiger partial charge in [0.15, 0.2) is 0 Å². The Labute approximate surface area is 186 Å². The maximum Gasteiger partial charge on any atom is 0.292 e. The second-order valence-electron chi connectivity index (χ2n) is 8.84. The minimum absolute atomic E-state index is 0.0253. The molecule has 1 aromatic carbocycles. The maximum atomic E-state index is 12.9. The molecular weight excluding hydrogens is 404 g/mol. The van der Waals surface area contributed by atoms with E-state index in [-0.39, 0.29) is 28.9 Å². The van der Waals surface area contributed by atoms with Gasteiger partial charge in [-0.05, 0) is 43.7 Å². The first-order valence-corrected chi connectivity index (χ1v) is 11.1. The number of aromatic nitrogens is 2. The molecule has 0 bridgehead atoms. The fraction of sp³-hybridized carbons (Fsp3) is 0.360. The normalized spacial score (nSPS) is 19.0. The Morgan fingerprint density at radius 2 is 1.91 bits per heavy atom. The Balaban J connectivity index is 1.14. The number of pyridine rings is 1. The largest absolute Gasteiger partial charge is 0.350 e. The van der Waals surface area contributed by atoms with Crippen LogP contribution in [0.3, 0.4) is 0 Å². The Kier molecular flexibility index (Phi) is 5.25. The molecule has 1 aliphatic heterocycles. The molecule has 2 aromatic heterocycles. The monoisotopic (exact) mass is 430 g/mol. The molecule has 2 aliphatic rings. The van der Waals surface area contributed by atoms with E-state index in [0.717, 1.165) is 36.2 Å². The number of hydrogen-bond donors (Lipinski definition) is 1. The summed E-state index contributed by atoms with van der Waals surface area (Å²) in [4.78, 5) is 31.8. The van der Waals surface area contributed by atoms with Crippen LogP contribution < -0.4 is 5.32 Å². The summed E-state index contributed by atoms with van der Waals surface area (Å²) in [5.41, 5.74) is 3.41. The standard InChI is InChI=1S/C25H26N4O3/c1-17-6-5-9-19(27-17)16-26-23(30)20-15-25(20)10-12-29(13-11-25)24(31)22-14-21(28-32-22)18-7-3-2-4-8-18/h2-9,14,20H,10-13,15-16H2,1H3,(H,26,30)/t20-/m1/s1. The molecule has 7 nitrogen and oxygen atoms in total. The molecule has 5 rings (SSSR count). The summed E-state index contributed by atoms with van der Waals surface area (Å²) >= 11 is 0. The summed E-state index contributed by atoms with van der Waals surface area (Å²) in [7, 11) is 0. The molecule has 2 amide bonds. The van der Waals surface area contributed by atoms with Gasteiger partial charge in [0, 0.05) is 36.3 Å². The van der Waals surface area contributed by atoms with E-state index in [1.807, 2.05) is 60.4 Å². The van der Waals surface area contributed by atoms with Crippen LogP contribution in [0.1, 0.15) is 41.2 Å². The van der Waals surface area contributed by atoms with Gasteiger partial charge in [-0.15, -0.1) is 0 Å². The molecule has 7 heteroatoms. The topological polar surface area (TPSA) is 88.3 Å². The van der Waals surface area contributed by atoms with Gasteiger partial charge in [0.2, 0.25) is 11.7 Å². The number of rotatable bonds is 5. The summed E-state index contributed by atoms with van der Waals surface area (Å²) in [6.45, 7) is 3.65. The molecule has 3 aromatic rings. The molecule has 2 fully saturated rings. The second kappa shape index (κ2) is 8.22. The molecule has 164 valence electrons. The van der Waals surface area contributed by atoms with Crippen LogP contribution in [0.15, 0.2) is 59.1 Å². The fourth-order valence-corrected chi connectivity index (χ4v) is 4.70. The summed E-state index contributed by atoms with van der Waals surface area (Å²) in [6, 6.07) is 17.2. The van der Waals surface area contributed by atoms with E-state index in [4.69, 9.17) is 4.52 Å². The number of carbonyl (C=O) groups excluding carboxylic acids is 2. The number of piperidine rings is 1. The van der Waals surface area contributed by atoms with Crippen LogP contribution in [0, 0.1) is 18.3 Å². The van der Waals surface area contributed by atoms with E-state index in [1.54, 1.807) is 6.07 Å². The number of hydrogen-bond acceptors (Lipinski definition) is 5. The molecule has 1 atom stereocenters. The lowest BCUT2D eigenvalue weighted by Gasteiger charge is -2.32. The van der Waals surface area contributed by atoms with Gasteiger partial charge in [-0.3, -0.25) is 14.6 Å². The van der Waals surface area contributed by atoms with Crippen molar-refractivity contribution in [1.82, 2.24) is 20.4 Å². The van der Waals surface area contributed by atoms with Crippen molar-refractivity contribution in [3.8, 4) is 11.3 Å². The third-order valence-electron chi connectivity index (χ3n) is 6.73. The van der Waals surface area contributed by atoms with Crippen molar-refractivity contribution in [2.24, 2.45) is 11.3 Å². The average Bonchev–Trinajstić information content (AvgIpc) is 3.28. The lowest BCUT2D eigenvalue weighted by atomic mass is 9.90. The quantitative estimate of drug-likeness (QED) is 0.668. The van der Waals surface area contributed by atoms with Crippen molar-refractivity contribution >= 4 is 11.8 Å². The average molecular weight is 431 g/mol. The molecule has 0 unspecified atom stereocenters. The van der Waals surface area contributed by atoms with E-state index >= 15 is 0 Å². The zero-order valence-electron chi connectivity index (χ0n) is 18.1. The zero-order valence-corrected chi connectivity index (χ0v) is 18.1. The summed E-state index contributed by atoms with van der Waals surface area (Å²) < 4.78 is 5.33. The smallest absolute Gasteiger partial charge is 0.292 e. The molecule has 1 N–H and O–H groups in total. The minimum atomic E-state index is -0.137. The van der Waals surface area contributed by atoms with Crippen LogP contribution in [0.25, 0.3) is 11.3 Å². The van der Waals surface area contributed by atoms with Crippen LogP contribution in [0.2, 0.25) is 0 Å². The number of carbonyl (C=O) groups is 2. The van der Waals surface area contributed by atoms with Gasteiger partial charge in [0.05, 0.1) is 12.2 Å². The van der Waals surface area contributed by atoms with Crippen LogP contribution in [-0.4, -0.2) is 39.9 Å². The van der Waals surface area contributed by atoms with Crippen LogP contribution in [0.5, 0.6) is 0 Å². The highest BCUT2D eigenvalue weighted by Crippen LogP contribution is 2.59. The molecular formula is C25H26N4O3. The van der Waals surface area contributed by atoms with Crippen molar-refractivity contribution in [1.29, 1.82) is 0 Å². The minimum Gasteiger partial charge on any atom is -0.350 e. The molecule has 1 saturated carbocycles. The lowest BCUT2D eigenvalue weighted by molar-refractivity contribution is -0.123. The summed E-state index contributed by atoms with van der Waals surface area (Å²) in [6.07, 6.45) is 2.56. The predicted molar refractivity (Wildman–Crippen MR) is 118 cm³/mol. The highest BCUT2D eigenvalue weighted by atomic mass is 16.5. The molecule has 1 saturated heterocycles. The van der Waals surface area contributed by atoms with Crippen molar-refractivity contribution in [3.05, 3.63) is 71.7 Å². The first-order valence-electron chi connectivity index (χ1n) is 11.1. The Morgan fingerprint density at radius 1 is 1.12 bits per heavy atom.